The average Bonchev–Trinajstić information content (AvgIpc) is 2.40. The van der Waals surface area contributed by atoms with E-state index in [0.717, 1.165) is 37.6 Å². The first-order chi connectivity index (χ1) is 8.29. The van der Waals surface area contributed by atoms with Gasteiger partial charge in [-0.3, -0.25) is 5.41 Å². The summed E-state index contributed by atoms with van der Waals surface area (Å²) in [6.07, 6.45) is 0.671. The highest BCUT2D eigenvalue weighted by Gasteiger charge is 2.13. The molecule has 1 fully saturated rings. The van der Waals surface area contributed by atoms with Gasteiger partial charge in [0.05, 0.1) is 20.3 Å². The molecule has 1 saturated heterocycles. The zero-order valence-electron chi connectivity index (χ0n) is 10.1. The summed E-state index contributed by atoms with van der Waals surface area (Å²) in [6, 6.07) is 7.88. The number of benzene rings is 1. The van der Waals surface area contributed by atoms with E-state index in [0.29, 0.717) is 12.3 Å². The lowest BCUT2D eigenvalue weighted by Gasteiger charge is -2.29. The zero-order valence-corrected chi connectivity index (χ0v) is 10.1. The minimum Gasteiger partial charge on any atom is -0.497 e. The number of hydrogen-bond acceptors (Lipinski definition) is 3. The second-order valence-corrected chi connectivity index (χ2v) is 4.07. The van der Waals surface area contributed by atoms with E-state index in [1.807, 2.05) is 24.3 Å². The third-order valence-electron chi connectivity index (χ3n) is 2.92. The van der Waals surface area contributed by atoms with E-state index < -0.39 is 0 Å². The van der Waals surface area contributed by atoms with Gasteiger partial charge in [0.2, 0.25) is 0 Å². The summed E-state index contributed by atoms with van der Waals surface area (Å²) < 4.78 is 10.4. The minimum atomic E-state index is 0.665. The summed E-state index contributed by atoms with van der Waals surface area (Å²) in [5.74, 6) is 1.52. The van der Waals surface area contributed by atoms with Crippen LogP contribution in [0.1, 0.15) is 5.56 Å². The third-order valence-corrected chi connectivity index (χ3v) is 2.92. The molecule has 0 radical (unpaired) electrons. The maximum atomic E-state index is 8.06. The second-order valence-electron chi connectivity index (χ2n) is 4.07. The fourth-order valence-corrected chi connectivity index (χ4v) is 1.88. The lowest BCUT2D eigenvalue weighted by molar-refractivity contribution is 0.0670. The van der Waals surface area contributed by atoms with E-state index in [1.165, 1.54) is 0 Å². The highest BCUT2D eigenvalue weighted by atomic mass is 16.5. The average molecular weight is 234 g/mol. The summed E-state index contributed by atoms with van der Waals surface area (Å²) >= 11 is 0. The summed E-state index contributed by atoms with van der Waals surface area (Å²) in [5.41, 5.74) is 1.14. The van der Waals surface area contributed by atoms with Crippen molar-refractivity contribution in [1.82, 2.24) is 4.90 Å². The van der Waals surface area contributed by atoms with Crippen molar-refractivity contribution in [3.63, 3.8) is 0 Å². The van der Waals surface area contributed by atoms with Gasteiger partial charge in [0.25, 0.3) is 0 Å². The first-order valence-electron chi connectivity index (χ1n) is 5.82. The number of nitrogens with one attached hydrogen (secondary N) is 1. The van der Waals surface area contributed by atoms with Crippen LogP contribution in [-0.4, -0.2) is 44.1 Å². The molecule has 0 atom stereocenters. The van der Waals surface area contributed by atoms with Crippen LogP contribution in [0, 0.1) is 5.41 Å². The van der Waals surface area contributed by atoms with Gasteiger partial charge in [-0.15, -0.1) is 0 Å². The summed E-state index contributed by atoms with van der Waals surface area (Å²) in [7, 11) is 1.66. The van der Waals surface area contributed by atoms with Crippen molar-refractivity contribution in [2.75, 3.05) is 33.4 Å². The van der Waals surface area contributed by atoms with Gasteiger partial charge in [-0.2, -0.15) is 0 Å². The third kappa shape index (κ3) is 3.20. The maximum Gasteiger partial charge on any atom is 0.118 e. The molecule has 1 aromatic carbocycles. The van der Waals surface area contributed by atoms with Crippen molar-refractivity contribution in [2.24, 2.45) is 0 Å². The number of morpholine rings is 1. The predicted molar refractivity (Wildman–Crippen MR) is 66.8 cm³/mol. The molecular formula is C13H18N2O2. The Labute approximate surface area is 102 Å². The molecule has 0 aromatic heterocycles. The largest absolute Gasteiger partial charge is 0.497 e. The number of rotatable bonds is 3. The standard InChI is InChI=1S/C13H18N2O2/c1-16-12-4-2-11(3-5-12)10-13(14)15-6-8-17-9-7-15/h2-5,14H,6-10H2,1H3. The first kappa shape index (κ1) is 11.9. The van der Waals surface area contributed by atoms with Crippen LogP contribution in [0.3, 0.4) is 0 Å². The molecule has 1 aromatic rings. The summed E-state index contributed by atoms with van der Waals surface area (Å²) in [5, 5.41) is 8.06. The second kappa shape index (κ2) is 5.68. The molecular weight excluding hydrogens is 216 g/mol. The van der Waals surface area contributed by atoms with Crippen LogP contribution < -0.4 is 4.74 Å². The van der Waals surface area contributed by atoms with E-state index in [2.05, 4.69) is 4.90 Å². The SMILES string of the molecule is COc1ccc(CC(=N)N2CCOCC2)cc1. The molecule has 2 rings (SSSR count). The van der Waals surface area contributed by atoms with Gasteiger partial charge in [0, 0.05) is 19.5 Å². The first-order valence-corrected chi connectivity index (χ1v) is 5.82. The van der Waals surface area contributed by atoms with E-state index in [4.69, 9.17) is 14.9 Å². The molecule has 0 aliphatic carbocycles. The van der Waals surface area contributed by atoms with Crippen molar-refractivity contribution in [3.8, 4) is 5.75 Å². The number of amidine groups is 1. The molecule has 0 unspecified atom stereocenters. The number of nitrogens with zero attached hydrogens (tertiary/aromatic N) is 1. The van der Waals surface area contributed by atoms with Crippen LogP contribution in [0.2, 0.25) is 0 Å². The van der Waals surface area contributed by atoms with Crippen molar-refractivity contribution in [3.05, 3.63) is 29.8 Å². The molecule has 1 aliphatic heterocycles. The fourth-order valence-electron chi connectivity index (χ4n) is 1.88. The quantitative estimate of drug-likeness (QED) is 0.637. The van der Waals surface area contributed by atoms with Gasteiger partial charge >= 0.3 is 0 Å². The Bertz CT molecular complexity index is 370. The van der Waals surface area contributed by atoms with Gasteiger partial charge in [-0.05, 0) is 17.7 Å². The van der Waals surface area contributed by atoms with Gasteiger partial charge in [-0.25, -0.2) is 0 Å². The maximum absolute atomic E-state index is 8.06. The summed E-state index contributed by atoms with van der Waals surface area (Å²) in [6.45, 7) is 3.11. The van der Waals surface area contributed by atoms with E-state index in [1.54, 1.807) is 7.11 Å². The predicted octanol–water partition coefficient (Wildman–Crippen LogP) is 1.55. The topological polar surface area (TPSA) is 45.5 Å². The van der Waals surface area contributed by atoms with E-state index in [-0.39, 0.29) is 0 Å². The van der Waals surface area contributed by atoms with E-state index in [9.17, 15) is 0 Å². The molecule has 4 heteroatoms. The monoisotopic (exact) mass is 234 g/mol. The normalized spacial score (nSPS) is 15.7. The Morgan fingerprint density at radius 2 is 1.94 bits per heavy atom. The molecule has 0 amide bonds. The Balaban J connectivity index is 1.92. The smallest absolute Gasteiger partial charge is 0.118 e. The highest BCUT2D eigenvalue weighted by molar-refractivity contribution is 5.81. The van der Waals surface area contributed by atoms with E-state index >= 15 is 0 Å². The molecule has 0 bridgehead atoms. The Morgan fingerprint density at radius 1 is 1.29 bits per heavy atom. The van der Waals surface area contributed by atoms with Crippen LogP contribution in [-0.2, 0) is 11.2 Å². The Hall–Kier alpha value is -1.55. The van der Waals surface area contributed by atoms with Gasteiger partial charge in [0.1, 0.15) is 11.6 Å². The Kier molecular flexibility index (Phi) is 3.98. The molecule has 1 heterocycles. The number of hydrogen-bond donors (Lipinski definition) is 1. The summed E-state index contributed by atoms with van der Waals surface area (Å²) in [4.78, 5) is 2.08. The molecule has 92 valence electrons. The Morgan fingerprint density at radius 3 is 2.53 bits per heavy atom. The van der Waals surface area contributed by atoms with Crippen LogP contribution in [0.25, 0.3) is 0 Å². The zero-order chi connectivity index (χ0) is 12.1. The van der Waals surface area contributed by atoms with Crippen LogP contribution in [0.15, 0.2) is 24.3 Å². The molecule has 4 nitrogen and oxygen atoms in total. The lowest BCUT2D eigenvalue weighted by atomic mass is 10.1. The molecule has 17 heavy (non-hydrogen) atoms. The van der Waals surface area contributed by atoms with Crippen molar-refractivity contribution in [1.29, 1.82) is 5.41 Å². The van der Waals surface area contributed by atoms with Crippen molar-refractivity contribution >= 4 is 5.84 Å². The number of methoxy groups -OCH3 is 1. The van der Waals surface area contributed by atoms with Gasteiger partial charge in [0.15, 0.2) is 0 Å². The van der Waals surface area contributed by atoms with Crippen molar-refractivity contribution < 1.29 is 9.47 Å². The van der Waals surface area contributed by atoms with Gasteiger partial charge in [-0.1, -0.05) is 12.1 Å². The van der Waals surface area contributed by atoms with Crippen LogP contribution >= 0.6 is 0 Å². The molecule has 0 saturated carbocycles. The number of ether oxygens (including phenoxy) is 2. The van der Waals surface area contributed by atoms with Crippen LogP contribution in [0.5, 0.6) is 5.75 Å². The fraction of sp³-hybridized carbons (Fsp3) is 0.462. The van der Waals surface area contributed by atoms with Crippen molar-refractivity contribution in [2.45, 2.75) is 6.42 Å². The van der Waals surface area contributed by atoms with Gasteiger partial charge < -0.3 is 14.4 Å². The highest BCUT2D eigenvalue weighted by Crippen LogP contribution is 2.12. The lowest BCUT2D eigenvalue weighted by Crippen LogP contribution is -2.41. The minimum absolute atomic E-state index is 0.665. The molecule has 0 spiro atoms. The molecule has 1 N–H and O–H groups in total. The molecule has 1 aliphatic rings. The van der Waals surface area contributed by atoms with Crippen LogP contribution in [0.4, 0.5) is 0 Å².